The molecule has 1 aromatic rings. The zero-order valence-electron chi connectivity index (χ0n) is 13.9. The van der Waals surface area contributed by atoms with E-state index < -0.39 is 10.9 Å². The smallest absolute Gasteiger partial charge is 0.339 e. The van der Waals surface area contributed by atoms with E-state index in [0.717, 1.165) is 32.7 Å². The van der Waals surface area contributed by atoms with Gasteiger partial charge in [0.1, 0.15) is 5.69 Å². The third kappa shape index (κ3) is 3.70. The van der Waals surface area contributed by atoms with Gasteiger partial charge in [-0.2, -0.15) is 0 Å². The van der Waals surface area contributed by atoms with Crippen molar-refractivity contribution >= 4 is 28.9 Å². The highest BCUT2D eigenvalue weighted by molar-refractivity contribution is 6.34. The summed E-state index contributed by atoms with van der Waals surface area (Å²) in [6, 6.07) is 3.03. The van der Waals surface area contributed by atoms with Crippen LogP contribution in [0.4, 0.5) is 11.4 Å². The number of anilines is 1. The Labute approximate surface area is 150 Å². The highest BCUT2D eigenvalue weighted by Crippen LogP contribution is 2.36. The Morgan fingerprint density at radius 2 is 2.08 bits per heavy atom. The van der Waals surface area contributed by atoms with Crippen LogP contribution in [0, 0.1) is 10.1 Å². The van der Waals surface area contributed by atoms with Gasteiger partial charge in [0.2, 0.25) is 0 Å². The van der Waals surface area contributed by atoms with Gasteiger partial charge in [0.05, 0.1) is 35.8 Å². The Bertz CT molecular complexity index is 678. The average Bonchev–Trinajstić information content (AvgIpc) is 3.11. The first-order chi connectivity index (χ1) is 12.0. The van der Waals surface area contributed by atoms with Gasteiger partial charge in [-0.3, -0.25) is 15.0 Å². The summed E-state index contributed by atoms with van der Waals surface area (Å²) in [5.41, 5.74) is 0.314. The zero-order chi connectivity index (χ0) is 18.0. The lowest BCUT2D eigenvalue weighted by molar-refractivity contribution is -0.384. The average molecular weight is 370 g/mol. The van der Waals surface area contributed by atoms with Crippen LogP contribution < -0.4 is 4.90 Å². The van der Waals surface area contributed by atoms with Crippen LogP contribution in [0.2, 0.25) is 5.02 Å². The highest BCUT2D eigenvalue weighted by atomic mass is 35.5. The predicted octanol–water partition coefficient (Wildman–Crippen LogP) is 1.95. The standard InChI is InChI=1S/C16H20ClN3O5/c1-24-16(21)12-8-15(20(22)23)14(9-13(12)17)19-3-2-11(10-19)18-4-6-25-7-5-18/h8-9,11H,2-7,10H2,1H3. The molecule has 0 saturated carbocycles. The second-order valence-corrected chi connectivity index (χ2v) is 6.51. The van der Waals surface area contributed by atoms with Crippen LogP contribution in [0.1, 0.15) is 16.8 Å². The van der Waals surface area contributed by atoms with Crippen molar-refractivity contribution in [3.63, 3.8) is 0 Å². The number of morpholine rings is 1. The molecule has 0 radical (unpaired) electrons. The lowest BCUT2D eigenvalue weighted by Crippen LogP contribution is -2.44. The number of rotatable bonds is 4. The van der Waals surface area contributed by atoms with Crippen molar-refractivity contribution in [3.05, 3.63) is 32.8 Å². The minimum Gasteiger partial charge on any atom is -0.465 e. The number of nitro benzene ring substituents is 1. The minimum absolute atomic E-state index is 0.00328. The van der Waals surface area contributed by atoms with Crippen LogP contribution >= 0.6 is 11.6 Å². The van der Waals surface area contributed by atoms with Gasteiger partial charge in [0, 0.05) is 38.3 Å². The minimum atomic E-state index is -0.688. The van der Waals surface area contributed by atoms with E-state index in [-0.39, 0.29) is 16.3 Å². The number of nitro groups is 1. The Hall–Kier alpha value is -1.90. The quantitative estimate of drug-likeness (QED) is 0.455. The largest absolute Gasteiger partial charge is 0.465 e. The number of ether oxygens (including phenoxy) is 2. The van der Waals surface area contributed by atoms with E-state index in [9.17, 15) is 14.9 Å². The third-order valence-corrected chi connectivity index (χ3v) is 5.05. The van der Waals surface area contributed by atoms with Crippen molar-refractivity contribution in [2.75, 3.05) is 51.4 Å². The van der Waals surface area contributed by atoms with Crippen LogP contribution in [-0.2, 0) is 9.47 Å². The first-order valence-corrected chi connectivity index (χ1v) is 8.52. The normalized spacial score (nSPS) is 21.4. The van der Waals surface area contributed by atoms with Gasteiger partial charge in [-0.15, -0.1) is 0 Å². The van der Waals surface area contributed by atoms with Crippen LogP contribution in [0.3, 0.4) is 0 Å². The summed E-state index contributed by atoms with van der Waals surface area (Å²) in [7, 11) is 1.21. The molecule has 0 bridgehead atoms. The topological polar surface area (TPSA) is 85.1 Å². The van der Waals surface area contributed by atoms with Crippen LogP contribution in [0.5, 0.6) is 0 Å². The van der Waals surface area contributed by atoms with Crippen molar-refractivity contribution < 1.29 is 19.2 Å². The predicted molar refractivity (Wildman–Crippen MR) is 92.5 cm³/mol. The first-order valence-electron chi connectivity index (χ1n) is 8.14. The molecule has 0 aromatic heterocycles. The molecular weight excluding hydrogens is 350 g/mol. The Morgan fingerprint density at radius 1 is 1.36 bits per heavy atom. The second kappa shape index (κ2) is 7.55. The summed E-state index contributed by atoms with van der Waals surface area (Å²) >= 11 is 6.17. The molecule has 2 aliphatic heterocycles. The number of esters is 1. The Balaban J connectivity index is 1.85. The Kier molecular flexibility index (Phi) is 5.41. The summed E-state index contributed by atoms with van der Waals surface area (Å²) < 4.78 is 10.0. The van der Waals surface area contributed by atoms with Gasteiger partial charge in [-0.25, -0.2) is 4.79 Å². The number of carbonyl (C=O) groups excluding carboxylic acids is 1. The molecule has 2 heterocycles. The van der Waals surface area contributed by atoms with E-state index in [2.05, 4.69) is 9.64 Å². The van der Waals surface area contributed by atoms with Crippen LogP contribution in [0.15, 0.2) is 12.1 Å². The number of halogens is 1. The van der Waals surface area contributed by atoms with E-state index >= 15 is 0 Å². The van der Waals surface area contributed by atoms with Gasteiger partial charge < -0.3 is 14.4 Å². The van der Waals surface area contributed by atoms with Crippen molar-refractivity contribution in [1.29, 1.82) is 0 Å². The maximum absolute atomic E-state index is 11.7. The molecule has 2 aliphatic rings. The van der Waals surface area contributed by atoms with E-state index in [1.165, 1.54) is 19.2 Å². The van der Waals surface area contributed by atoms with E-state index in [1.54, 1.807) is 0 Å². The highest BCUT2D eigenvalue weighted by Gasteiger charge is 2.33. The molecule has 2 saturated heterocycles. The lowest BCUT2D eigenvalue weighted by atomic mass is 10.1. The van der Waals surface area contributed by atoms with Crippen LogP contribution in [0.25, 0.3) is 0 Å². The number of hydrogen-bond donors (Lipinski definition) is 0. The fourth-order valence-electron chi connectivity index (χ4n) is 3.42. The number of benzene rings is 1. The maximum Gasteiger partial charge on any atom is 0.339 e. The second-order valence-electron chi connectivity index (χ2n) is 6.11. The van der Waals surface area contributed by atoms with Crippen molar-refractivity contribution in [3.8, 4) is 0 Å². The van der Waals surface area contributed by atoms with Crippen LogP contribution in [-0.4, -0.2) is 68.3 Å². The molecule has 2 fully saturated rings. The number of hydrogen-bond acceptors (Lipinski definition) is 7. The molecule has 1 unspecified atom stereocenters. The summed E-state index contributed by atoms with van der Waals surface area (Å²) in [6.45, 7) is 4.59. The van der Waals surface area contributed by atoms with Gasteiger partial charge in [0.15, 0.2) is 0 Å². The number of nitrogens with zero attached hydrogens (tertiary/aromatic N) is 3. The lowest BCUT2D eigenvalue weighted by Gasteiger charge is -2.32. The van der Waals surface area contributed by atoms with Gasteiger partial charge in [-0.05, 0) is 12.5 Å². The number of methoxy groups -OCH3 is 1. The monoisotopic (exact) mass is 369 g/mol. The molecule has 0 aliphatic carbocycles. The summed E-state index contributed by atoms with van der Waals surface area (Å²) in [5, 5.41) is 11.6. The van der Waals surface area contributed by atoms with Gasteiger partial charge in [-0.1, -0.05) is 11.6 Å². The van der Waals surface area contributed by atoms with E-state index in [4.69, 9.17) is 16.3 Å². The zero-order valence-corrected chi connectivity index (χ0v) is 14.7. The van der Waals surface area contributed by atoms with Gasteiger partial charge in [0.25, 0.3) is 5.69 Å². The summed E-state index contributed by atoms with van der Waals surface area (Å²) in [6.07, 6.45) is 0.924. The van der Waals surface area contributed by atoms with Gasteiger partial charge >= 0.3 is 5.97 Å². The molecular formula is C16H20ClN3O5. The molecule has 3 rings (SSSR count). The Morgan fingerprint density at radius 3 is 2.72 bits per heavy atom. The molecule has 0 spiro atoms. The molecule has 1 aromatic carbocycles. The molecule has 9 heteroatoms. The fourth-order valence-corrected chi connectivity index (χ4v) is 3.65. The molecule has 8 nitrogen and oxygen atoms in total. The molecule has 136 valence electrons. The number of carbonyl (C=O) groups is 1. The summed E-state index contributed by atoms with van der Waals surface area (Å²) in [5.74, 6) is -0.688. The molecule has 25 heavy (non-hydrogen) atoms. The summed E-state index contributed by atoms with van der Waals surface area (Å²) in [4.78, 5) is 27.1. The maximum atomic E-state index is 11.7. The third-order valence-electron chi connectivity index (χ3n) is 4.73. The molecule has 0 amide bonds. The molecule has 0 N–H and O–H groups in total. The fraction of sp³-hybridized carbons (Fsp3) is 0.562. The molecule has 1 atom stereocenters. The van der Waals surface area contributed by atoms with Crippen molar-refractivity contribution in [2.45, 2.75) is 12.5 Å². The SMILES string of the molecule is COC(=O)c1cc([N+](=O)[O-])c(N2CCC(N3CCOCC3)C2)cc1Cl. The van der Waals surface area contributed by atoms with Crippen molar-refractivity contribution in [1.82, 2.24) is 4.90 Å². The van der Waals surface area contributed by atoms with E-state index in [1.807, 2.05) is 4.90 Å². The van der Waals surface area contributed by atoms with Crippen molar-refractivity contribution in [2.24, 2.45) is 0 Å². The first kappa shape index (κ1) is 17.9. The van der Waals surface area contributed by atoms with E-state index in [0.29, 0.717) is 24.8 Å².